The highest BCUT2D eigenvalue weighted by Gasteiger charge is 2.33. The Morgan fingerprint density at radius 1 is 1.17 bits per heavy atom. The zero-order valence-electron chi connectivity index (χ0n) is 14.7. The largest absolute Gasteiger partial charge is 0.303 e. The summed E-state index contributed by atoms with van der Waals surface area (Å²) in [6, 6.07) is 7.66. The second-order valence-corrected chi connectivity index (χ2v) is 8.71. The monoisotopic (exact) mass is 348 g/mol. The fourth-order valence-corrected chi connectivity index (χ4v) is 4.49. The maximum Gasteiger partial charge on any atom is 0.218 e. The average Bonchev–Trinajstić information content (AvgIpc) is 3.04. The topological polar surface area (TPSA) is 58.4 Å². The van der Waals surface area contributed by atoms with Crippen LogP contribution in [0.4, 0.5) is 0 Å². The van der Waals surface area contributed by atoms with E-state index in [1.165, 1.54) is 0 Å². The van der Waals surface area contributed by atoms with E-state index in [1.54, 1.807) is 4.31 Å². The van der Waals surface area contributed by atoms with Crippen LogP contribution in [0, 0.1) is 6.92 Å². The van der Waals surface area contributed by atoms with Gasteiger partial charge in [-0.15, -0.1) is 0 Å². The molecule has 0 saturated heterocycles. The minimum atomic E-state index is -3.35. The molecule has 1 aliphatic heterocycles. The van der Waals surface area contributed by atoms with Crippen LogP contribution < -0.4 is 0 Å². The number of benzene rings is 1. The van der Waals surface area contributed by atoms with Crippen LogP contribution in [0.25, 0.3) is 0 Å². The Morgan fingerprint density at radius 2 is 1.83 bits per heavy atom. The van der Waals surface area contributed by atoms with E-state index < -0.39 is 10.0 Å². The minimum Gasteiger partial charge on any atom is -0.303 e. The van der Waals surface area contributed by atoms with Crippen molar-refractivity contribution in [1.82, 2.24) is 19.0 Å². The minimum absolute atomic E-state index is 0.0394. The summed E-state index contributed by atoms with van der Waals surface area (Å²) in [5.74, 6) is 0.0394. The van der Waals surface area contributed by atoms with Crippen molar-refractivity contribution in [3.05, 3.63) is 52.3 Å². The van der Waals surface area contributed by atoms with Crippen LogP contribution in [0.1, 0.15) is 28.1 Å². The Labute approximate surface area is 143 Å². The third-order valence-corrected chi connectivity index (χ3v) is 6.09. The Bertz CT molecular complexity index is 838. The zero-order chi connectivity index (χ0) is 17.5. The number of nitrogens with zero attached hydrogens (tertiary/aromatic N) is 4. The molecule has 2 heterocycles. The van der Waals surface area contributed by atoms with E-state index in [0.717, 1.165) is 34.6 Å². The summed E-state index contributed by atoms with van der Waals surface area (Å²) in [7, 11) is 2.51. The summed E-state index contributed by atoms with van der Waals surface area (Å²) in [4.78, 5) is 2.05. The first-order valence-electron chi connectivity index (χ1n) is 7.98. The van der Waals surface area contributed by atoms with Crippen LogP contribution in [0.2, 0.25) is 0 Å². The van der Waals surface area contributed by atoms with Crippen molar-refractivity contribution in [2.75, 3.05) is 14.1 Å². The number of fused-ring (bicyclic) bond motifs is 1. The van der Waals surface area contributed by atoms with Gasteiger partial charge in [0.25, 0.3) is 0 Å². The van der Waals surface area contributed by atoms with E-state index >= 15 is 0 Å². The average molecular weight is 348 g/mol. The molecule has 6 nitrogen and oxygen atoms in total. The Balaban J connectivity index is 1.80. The second-order valence-electron chi connectivity index (χ2n) is 6.74. The van der Waals surface area contributed by atoms with Gasteiger partial charge in [0.05, 0.1) is 23.7 Å². The van der Waals surface area contributed by atoms with E-state index in [-0.39, 0.29) is 5.75 Å². The molecule has 7 heteroatoms. The number of hydrogen-bond acceptors (Lipinski definition) is 4. The molecule has 0 bridgehead atoms. The molecule has 0 amide bonds. The van der Waals surface area contributed by atoms with Gasteiger partial charge in [-0.25, -0.2) is 8.42 Å². The lowest BCUT2D eigenvalue weighted by atomic mass is 10.2. The Hall–Kier alpha value is -1.70. The summed E-state index contributed by atoms with van der Waals surface area (Å²) >= 11 is 0. The molecule has 1 aromatic heterocycles. The molecule has 0 aliphatic carbocycles. The van der Waals surface area contributed by atoms with Crippen LogP contribution in [0.15, 0.2) is 24.3 Å². The Kier molecular flexibility index (Phi) is 4.50. The first-order valence-corrected chi connectivity index (χ1v) is 9.59. The molecule has 0 saturated carbocycles. The van der Waals surface area contributed by atoms with Crippen molar-refractivity contribution in [3.8, 4) is 0 Å². The molecule has 1 aliphatic rings. The van der Waals surface area contributed by atoms with Gasteiger partial charge < -0.3 is 4.90 Å². The maximum absolute atomic E-state index is 12.8. The molecule has 0 atom stereocenters. The van der Waals surface area contributed by atoms with Crippen molar-refractivity contribution in [2.24, 2.45) is 7.05 Å². The molecule has 0 spiro atoms. The van der Waals surface area contributed by atoms with E-state index in [2.05, 4.69) is 5.10 Å². The molecule has 0 N–H and O–H groups in total. The quantitative estimate of drug-likeness (QED) is 0.824. The van der Waals surface area contributed by atoms with Gasteiger partial charge in [0.1, 0.15) is 0 Å². The lowest BCUT2D eigenvalue weighted by Gasteiger charge is -2.17. The summed E-state index contributed by atoms with van der Waals surface area (Å²) in [5, 5.41) is 4.54. The fraction of sp³-hybridized carbons (Fsp3) is 0.471. The van der Waals surface area contributed by atoms with Crippen molar-refractivity contribution in [3.63, 3.8) is 0 Å². The number of hydrogen-bond donors (Lipinski definition) is 0. The first kappa shape index (κ1) is 17.1. The number of aryl methyl sites for hydroxylation is 2. The molecule has 1 aromatic carbocycles. The number of aromatic nitrogens is 2. The summed E-state index contributed by atoms with van der Waals surface area (Å²) < 4.78 is 29.0. The maximum atomic E-state index is 12.8. The second kappa shape index (κ2) is 6.31. The lowest BCUT2D eigenvalue weighted by Crippen LogP contribution is -2.28. The molecule has 0 unspecified atom stereocenters. The van der Waals surface area contributed by atoms with Crippen molar-refractivity contribution in [1.29, 1.82) is 0 Å². The highest BCUT2D eigenvalue weighted by atomic mass is 32.2. The molecule has 3 rings (SSSR count). The van der Waals surface area contributed by atoms with Crippen LogP contribution in [0.5, 0.6) is 0 Å². The fourth-order valence-electron chi connectivity index (χ4n) is 3.05. The van der Waals surface area contributed by atoms with Gasteiger partial charge in [-0.3, -0.25) is 4.68 Å². The summed E-state index contributed by atoms with van der Waals surface area (Å²) in [6.07, 6.45) is 0. The van der Waals surface area contributed by atoms with Crippen LogP contribution in [-0.2, 0) is 42.5 Å². The SMILES string of the molecule is Cc1ccc(CS(=O)(=O)N2Cc3c(CN(C)C)nn(C)c3C2)cc1. The van der Waals surface area contributed by atoms with E-state index in [1.807, 2.05) is 61.9 Å². The van der Waals surface area contributed by atoms with E-state index in [0.29, 0.717) is 13.1 Å². The molecule has 0 fully saturated rings. The summed E-state index contributed by atoms with van der Waals surface area (Å²) in [5.41, 5.74) is 4.97. The molecule has 24 heavy (non-hydrogen) atoms. The normalized spacial score (nSPS) is 15.2. The van der Waals surface area contributed by atoms with Crippen LogP contribution >= 0.6 is 0 Å². The summed E-state index contributed by atoms with van der Waals surface area (Å²) in [6.45, 7) is 3.53. The molecule has 0 radical (unpaired) electrons. The smallest absolute Gasteiger partial charge is 0.218 e. The number of rotatable bonds is 5. The van der Waals surface area contributed by atoms with Gasteiger partial charge in [0, 0.05) is 25.7 Å². The Morgan fingerprint density at radius 3 is 2.46 bits per heavy atom. The van der Waals surface area contributed by atoms with Gasteiger partial charge in [-0.05, 0) is 26.6 Å². The van der Waals surface area contributed by atoms with Gasteiger partial charge in [0.2, 0.25) is 10.0 Å². The predicted octanol–water partition coefficient (Wildman–Crippen LogP) is 1.64. The van der Waals surface area contributed by atoms with Crippen LogP contribution in [0.3, 0.4) is 0 Å². The third kappa shape index (κ3) is 3.38. The van der Waals surface area contributed by atoms with Crippen LogP contribution in [-0.4, -0.2) is 41.5 Å². The standard InChI is InChI=1S/C17H24N4O2S/c1-13-5-7-14(8-6-13)12-24(22,23)21-9-15-16(10-19(2)3)18-20(4)17(15)11-21/h5-8H,9-12H2,1-4H3. The van der Waals surface area contributed by atoms with Gasteiger partial charge in [0.15, 0.2) is 0 Å². The molecular weight excluding hydrogens is 324 g/mol. The predicted molar refractivity (Wildman–Crippen MR) is 93.6 cm³/mol. The lowest BCUT2D eigenvalue weighted by molar-refractivity contribution is 0.384. The van der Waals surface area contributed by atoms with E-state index in [4.69, 9.17) is 0 Å². The van der Waals surface area contributed by atoms with Crippen molar-refractivity contribution in [2.45, 2.75) is 32.3 Å². The molecule has 130 valence electrons. The van der Waals surface area contributed by atoms with Gasteiger partial charge in [-0.2, -0.15) is 9.40 Å². The van der Waals surface area contributed by atoms with Crippen molar-refractivity contribution >= 4 is 10.0 Å². The highest BCUT2D eigenvalue weighted by molar-refractivity contribution is 7.88. The van der Waals surface area contributed by atoms with E-state index in [9.17, 15) is 8.42 Å². The number of sulfonamides is 1. The molecule has 2 aromatic rings. The van der Waals surface area contributed by atoms with Gasteiger partial charge >= 0.3 is 0 Å². The van der Waals surface area contributed by atoms with Crippen molar-refractivity contribution < 1.29 is 8.42 Å². The van der Waals surface area contributed by atoms with Gasteiger partial charge in [-0.1, -0.05) is 29.8 Å². The third-order valence-electron chi connectivity index (χ3n) is 4.35. The highest BCUT2D eigenvalue weighted by Crippen LogP contribution is 2.29. The molecular formula is C17H24N4O2S. The first-order chi connectivity index (χ1) is 11.3. The zero-order valence-corrected chi connectivity index (χ0v) is 15.5.